The number of ether oxygens (including phenoxy) is 2. The first-order valence-corrected chi connectivity index (χ1v) is 9.99. The number of nitrogens with zero attached hydrogens (tertiary/aromatic N) is 2. The minimum atomic E-state index is -1.14. The lowest BCUT2D eigenvalue weighted by Crippen LogP contribution is -2.65. The summed E-state index contributed by atoms with van der Waals surface area (Å²) in [6.07, 6.45) is 0.378. The second-order valence-corrected chi connectivity index (χ2v) is 8.10. The molecular formula is C18H27N3O5S. The lowest BCUT2D eigenvalue weighted by Gasteiger charge is -2.49. The highest BCUT2D eigenvalue weighted by Crippen LogP contribution is 2.39. The largest absolute Gasteiger partial charge is 0.388 e. The van der Waals surface area contributed by atoms with E-state index in [4.69, 9.17) is 9.47 Å². The molecule has 0 bridgehead atoms. The Morgan fingerprint density at radius 3 is 2.78 bits per heavy atom. The summed E-state index contributed by atoms with van der Waals surface area (Å²) in [5.41, 5.74) is -1.14. The minimum absolute atomic E-state index is 0.0850. The molecule has 3 atom stereocenters. The third-order valence-corrected chi connectivity index (χ3v) is 6.08. The summed E-state index contributed by atoms with van der Waals surface area (Å²) >= 11 is 1.51. The normalized spacial score (nSPS) is 28.9. The van der Waals surface area contributed by atoms with Crippen LogP contribution in [-0.2, 0) is 14.3 Å². The van der Waals surface area contributed by atoms with E-state index in [1.165, 1.54) is 18.4 Å². The molecule has 3 amide bonds. The van der Waals surface area contributed by atoms with Crippen LogP contribution in [0, 0.1) is 0 Å². The fourth-order valence-electron chi connectivity index (χ4n) is 3.67. The van der Waals surface area contributed by atoms with Crippen LogP contribution < -0.4 is 5.32 Å². The van der Waals surface area contributed by atoms with Crippen molar-refractivity contribution in [2.45, 2.75) is 31.0 Å². The van der Waals surface area contributed by atoms with E-state index in [1.54, 1.807) is 16.7 Å². The van der Waals surface area contributed by atoms with Gasteiger partial charge in [0.1, 0.15) is 6.61 Å². The topological polar surface area (TPSA) is 91.3 Å². The van der Waals surface area contributed by atoms with Gasteiger partial charge in [-0.05, 0) is 24.8 Å². The van der Waals surface area contributed by atoms with E-state index in [0.29, 0.717) is 39.3 Å². The lowest BCUT2D eigenvalue weighted by atomic mass is 9.82. The van der Waals surface area contributed by atoms with Gasteiger partial charge in [0, 0.05) is 31.6 Å². The molecule has 2 saturated heterocycles. The number of aliphatic hydroxyl groups is 1. The third-order valence-electron chi connectivity index (χ3n) is 5.13. The summed E-state index contributed by atoms with van der Waals surface area (Å²) in [5.74, 6) is -0.315. The highest BCUT2D eigenvalue weighted by Gasteiger charge is 2.48. The molecule has 3 heterocycles. The molecule has 2 fully saturated rings. The fourth-order valence-corrected chi connectivity index (χ4v) is 4.54. The molecule has 0 aliphatic carbocycles. The Hall–Kier alpha value is -1.68. The van der Waals surface area contributed by atoms with Gasteiger partial charge in [0.25, 0.3) is 0 Å². The van der Waals surface area contributed by atoms with Crippen molar-refractivity contribution in [1.82, 2.24) is 15.1 Å². The lowest BCUT2D eigenvalue weighted by molar-refractivity contribution is -0.131. The van der Waals surface area contributed by atoms with Gasteiger partial charge in [-0.15, -0.1) is 11.3 Å². The Balaban J connectivity index is 1.90. The van der Waals surface area contributed by atoms with Gasteiger partial charge >= 0.3 is 6.03 Å². The van der Waals surface area contributed by atoms with E-state index in [2.05, 4.69) is 5.32 Å². The quantitative estimate of drug-likeness (QED) is 0.785. The number of thiophene rings is 1. The van der Waals surface area contributed by atoms with Gasteiger partial charge in [-0.3, -0.25) is 4.79 Å². The van der Waals surface area contributed by atoms with Gasteiger partial charge in [0.15, 0.2) is 0 Å². The number of morpholine rings is 1. The number of carbonyl (C=O) groups is 2. The molecule has 0 saturated carbocycles. The molecule has 8 nitrogen and oxygen atoms in total. The van der Waals surface area contributed by atoms with Crippen molar-refractivity contribution in [3.05, 3.63) is 22.4 Å². The van der Waals surface area contributed by atoms with Gasteiger partial charge in [-0.1, -0.05) is 6.07 Å². The molecule has 1 aromatic rings. The average Bonchev–Trinajstić information content (AvgIpc) is 3.18. The van der Waals surface area contributed by atoms with E-state index in [9.17, 15) is 14.7 Å². The summed E-state index contributed by atoms with van der Waals surface area (Å²) < 4.78 is 10.3. The number of carbonyl (C=O) groups excluding carboxylic acids is 2. The number of hydrogen-bond donors (Lipinski definition) is 2. The van der Waals surface area contributed by atoms with Crippen LogP contribution in [0.1, 0.15) is 24.3 Å². The van der Waals surface area contributed by atoms with Crippen molar-refractivity contribution in [3.63, 3.8) is 0 Å². The number of piperidine rings is 1. The Labute approximate surface area is 163 Å². The first kappa shape index (κ1) is 20.1. The average molecular weight is 397 g/mol. The molecule has 2 aliphatic heterocycles. The Morgan fingerprint density at radius 2 is 2.15 bits per heavy atom. The zero-order valence-electron chi connectivity index (χ0n) is 15.7. The smallest absolute Gasteiger partial charge is 0.320 e. The Bertz CT molecular complexity index is 645. The molecule has 3 unspecified atom stereocenters. The maximum absolute atomic E-state index is 13.2. The van der Waals surface area contributed by atoms with Crippen molar-refractivity contribution in [2.75, 3.05) is 46.6 Å². The number of nitrogens with one attached hydrogen (secondary N) is 1. The minimum Gasteiger partial charge on any atom is -0.388 e. The molecule has 150 valence electrons. The number of hydrogen-bond acceptors (Lipinski definition) is 6. The first-order chi connectivity index (χ1) is 12.9. The summed E-state index contributed by atoms with van der Waals surface area (Å²) in [5, 5.41) is 15.8. The maximum atomic E-state index is 13.2. The number of rotatable bonds is 4. The van der Waals surface area contributed by atoms with Gasteiger partial charge < -0.3 is 29.7 Å². The zero-order chi connectivity index (χ0) is 19.4. The number of urea groups is 1. The second-order valence-electron chi connectivity index (χ2n) is 7.12. The summed E-state index contributed by atoms with van der Waals surface area (Å²) in [4.78, 5) is 29.9. The van der Waals surface area contributed by atoms with Crippen molar-refractivity contribution in [2.24, 2.45) is 0 Å². The molecule has 0 aromatic carbocycles. The molecule has 0 radical (unpaired) electrons. The molecule has 2 N–H and O–H groups in total. The molecule has 27 heavy (non-hydrogen) atoms. The van der Waals surface area contributed by atoms with Gasteiger partial charge in [-0.2, -0.15) is 0 Å². The van der Waals surface area contributed by atoms with Crippen LogP contribution in [0.3, 0.4) is 0 Å². The van der Waals surface area contributed by atoms with E-state index < -0.39 is 17.7 Å². The molecule has 9 heteroatoms. The van der Waals surface area contributed by atoms with Crippen molar-refractivity contribution < 1.29 is 24.2 Å². The van der Waals surface area contributed by atoms with E-state index in [-0.39, 0.29) is 18.5 Å². The SMILES string of the molecule is COCC(=O)NC1C(c2cccs2)N(C(=O)N2CCOCC2)CCC1(C)O. The molecule has 0 spiro atoms. The molecule has 1 aromatic heterocycles. The van der Waals surface area contributed by atoms with Crippen molar-refractivity contribution in [3.8, 4) is 0 Å². The van der Waals surface area contributed by atoms with Crippen LogP contribution in [0.4, 0.5) is 4.79 Å². The van der Waals surface area contributed by atoms with Gasteiger partial charge in [-0.25, -0.2) is 4.79 Å². The third kappa shape index (κ3) is 4.43. The van der Waals surface area contributed by atoms with Crippen LogP contribution >= 0.6 is 11.3 Å². The van der Waals surface area contributed by atoms with Crippen LogP contribution in [0.15, 0.2) is 17.5 Å². The highest BCUT2D eigenvalue weighted by molar-refractivity contribution is 7.10. The van der Waals surface area contributed by atoms with Crippen LogP contribution in [0.25, 0.3) is 0 Å². The maximum Gasteiger partial charge on any atom is 0.320 e. The number of methoxy groups -OCH3 is 1. The predicted octanol–water partition coefficient (Wildman–Crippen LogP) is 0.829. The summed E-state index contributed by atoms with van der Waals surface area (Å²) in [6, 6.07) is 2.70. The van der Waals surface area contributed by atoms with E-state index >= 15 is 0 Å². The number of likely N-dealkylation sites (tertiary alicyclic amines) is 1. The standard InChI is InChI=1S/C18H27N3O5S/c1-18(24)5-6-21(17(23)20-7-9-26-10-8-20)15(13-4-3-11-27-13)16(18)19-14(22)12-25-2/h3-4,11,15-16,24H,5-10,12H2,1-2H3,(H,19,22). The van der Waals surface area contributed by atoms with Crippen LogP contribution in [0.2, 0.25) is 0 Å². The second kappa shape index (κ2) is 8.55. The van der Waals surface area contributed by atoms with Gasteiger partial charge in [0.05, 0.1) is 30.9 Å². The van der Waals surface area contributed by atoms with Crippen LogP contribution in [-0.4, -0.2) is 85.1 Å². The predicted molar refractivity (Wildman–Crippen MR) is 101 cm³/mol. The zero-order valence-corrected chi connectivity index (χ0v) is 16.5. The Morgan fingerprint density at radius 1 is 1.41 bits per heavy atom. The molecule has 3 rings (SSSR count). The first-order valence-electron chi connectivity index (χ1n) is 9.11. The molecular weight excluding hydrogens is 370 g/mol. The monoisotopic (exact) mass is 397 g/mol. The van der Waals surface area contributed by atoms with Crippen LogP contribution in [0.5, 0.6) is 0 Å². The molecule has 2 aliphatic rings. The highest BCUT2D eigenvalue weighted by atomic mass is 32.1. The van der Waals surface area contributed by atoms with Crippen molar-refractivity contribution in [1.29, 1.82) is 0 Å². The fraction of sp³-hybridized carbons (Fsp3) is 0.667. The van der Waals surface area contributed by atoms with E-state index in [1.807, 2.05) is 17.5 Å². The summed E-state index contributed by atoms with van der Waals surface area (Å²) in [7, 11) is 1.45. The van der Waals surface area contributed by atoms with E-state index in [0.717, 1.165) is 4.88 Å². The number of amides is 3. The Kier molecular flexibility index (Phi) is 6.36. The summed E-state index contributed by atoms with van der Waals surface area (Å²) in [6.45, 7) is 4.17. The van der Waals surface area contributed by atoms with Crippen molar-refractivity contribution >= 4 is 23.3 Å². The van der Waals surface area contributed by atoms with Gasteiger partial charge in [0.2, 0.25) is 5.91 Å².